The van der Waals surface area contributed by atoms with Crippen LogP contribution in [0.1, 0.15) is 10.4 Å². The Bertz CT molecular complexity index is 890. The fourth-order valence-electron chi connectivity index (χ4n) is 2.64. The van der Waals surface area contributed by atoms with Gasteiger partial charge in [-0.2, -0.15) is 0 Å². The lowest BCUT2D eigenvalue weighted by Gasteiger charge is -2.18. The van der Waals surface area contributed by atoms with E-state index in [1.54, 1.807) is 16.7 Å². The fourth-order valence-corrected chi connectivity index (χ4v) is 3.19. The Hall–Kier alpha value is -2.47. The van der Waals surface area contributed by atoms with Crippen LogP contribution < -0.4 is 9.47 Å². The molecule has 116 valence electrons. The molecule has 5 nitrogen and oxygen atoms in total. The van der Waals surface area contributed by atoms with Gasteiger partial charge in [0.1, 0.15) is 13.2 Å². The van der Waals surface area contributed by atoms with Crippen molar-refractivity contribution < 1.29 is 14.3 Å². The standard InChI is InChI=1S/C17H14N2O3S/c1-23-17-18-12-9-14-15(22-8-7-21-14)10-13(12)19(17)16(20)11-5-3-2-4-6-11/h2-6,9-10H,7-8H2,1H3. The lowest BCUT2D eigenvalue weighted by molar-refractivity contribution is 0.0955. The highest BCUT2D eigenvalue weighted by molar-refractivity contribution is 7.98. The number of aromatic nitrogens is 2. The van der Waals surface area contributed by atoms with Gasteiger partial charge in [0, 0.05) is 17.7 Å². The van der Waals surface area contributed by atoms with Gasteiger partial charge in [-0.25, -0.2) is 4.98 Å². The molecule has 0 unspecified atom stereocenters. The molecule has 0 saturated heterocycles. The lowest BCUT2D eigenvalue weighted by atomic mass is 10.2. The number of carbonyl (C=O) groups is 1. The minimum absolute atomic E-state index is 0.103. The van der Waals surface area contributed by atoms with E-state index in [0.717, 1.165) is 11.0 Å². The van der Waals surface area contributed by atoms with Gasteiger partial charge in [-0.05, 0) is 18.4 Å². The number of rotatable bonds is 2. The molecule has 2 heterocycles. The third kappa shape index (κ3) is 2.35. The van der Waals surface area contributed by atoms with E-state index in [1.165, 1.54) is 11.8 Å². The Morgan fingerprint density at radius 3 is 2.52 bits per heavy atom. The van der Waals surface area contributed by atoms with Crippen LogP contribution in [0, 0.1) is 0 Å². The summed E-state index contributed by atoms with van der Waals surface area (Å²) >= 11 is 1.44. The molecule has 1 aliphatic heterocycles. The number of ether oxygens (including phenoxy) is 2. The Morgan fingerprint density at radius 2 is 1.83 bits per heavy atom. The van der Waals surface area contributed by atoms with Gasteiger partial charge in [-0.15, -0.1) is 0 Å². The van der Waals surface area contributed by atoms with E-state index in [0.29, 0.717) is 35.4 Å². The van der Waals surface area contributed by atoms with Crippen molar-refractivity contribution in [2.24, 2.45) is 0 Å². The molecule has 0 saturated carbocycles. The predicted molar refractivity (Wildman–Crippen MR) is 88.7 cm³/mol. The average molecular weight is 326 g/mol. The molecule has 6 heteroatoms. The van der Waals surface area contributed by atoms with Crippen molar-refractivity contribution >= 4 is 28.7 Å². The summed E-state index contributed by atoms with van der Waals surface area (Å²) in [6.07, 6.45) is 1.91. The summed E-state index contributed by atoms with van der Waals surface area (Å²) in [5, 5.41) is 0.649. The van der Waals surface area contributed by atoms with E-state index in [-0.39, 0.29) is 5.91 Å². The predicted octanol–water partition coefficient (Wildman–Crippen LogP) is 3.22. The molecular formula is C17H14N2O3S. The number of hydrogen-bond acceptors (Lipinski definition) is 5. The normalized spacial score (nSPS) is 13.3. The van der Waals surface area contributed by atoms with Crippen LogP contribution in [-0.4, -0.2) is 34.9 Å². The number of hydrogen-bond donors (Lipinski definition) is 0. The van der Waals surface area contributed by atoms with Crippen LogP contribution >= 0.6 is 11.8 Å². The molecule has 4 rings (SSSR count). The second-order valence-corrected chi connectivity index (χ2v) is 5.86. The fraction of sp³-hybridized carbons (Fsp3) is 0.176. The molecule has 3 aromatic rings. The third-order valence-corrected chi connectivity index (χ3v) is 4.33. The Morgan fingerprint density at radius 1 is 1.13 bits per heavy atom. The summed E-state index contributed by atoms with van der Waals surface area (Å²) in [6.45, 7) is 1.03. The zero-order valence-corrected chi connectivity index (χ0v) is 13.3. The van der Waals surface area contributed by atoms with Gasteiger partial charge in [0.15, 0.2) is 16.7 Å². The SMILES string of the molecule is CSc1nc2cc3c(cc2n1C(=O)c1ccccc1)OCCO3. The summed E-state index contributed by atoms with van der Waals surface area (Å²) < 4.78 is 12.9. The van der Waals surface area contributed by atoms with Gasteiger partial charge < -0.3 is 9.47 Å². The summed E-state index contributed by atoms with van der Waals surface area (Å²) in [7, 11) is 0. The highest BCUT2D eigenvalue weighted by atomic mass is 32.2. The van der Waals surface area contributed by atoms with E-state index >= 15 is 0 Å². The molecule has 0 atom stereocenters. The van der Waals surface area contributed by atoms with Crippen LogP contribution in [0.2, 0.25) is 0 Å². The van der Waals surface area contributed by atoms with Crippen molar-refractivity contribution in [1.82, 2.24) is 9.55 Å². The van der Waals surface area contributed by atoms with Crippen LogP contribution in [0.3, 0.4) is 0 Å². The molecule has 0 bridgehead atoms. The first kappa shape index (κ1) is 14.1. The topological polar surface area (TPSA) is 53.4 Å². The molecule has 0 aliphatic carbocycles. The lowest BCUT2D eigenvalue weighted by Crippen LogP contribution is -2.16. The van der Waals surface area contributed by atoms with Crippen LogP contribution in [0.5, 0.6) is 11.5 Å². The van der Waals surface area contributed by atoms with Crippen molar-refractivity contribution in [3.05, 3.63) is 48.0 Å². The first-order chi connectivity index (χ1) is 11.3. The second kappa shape index (κ2) is 5.62. The molecular weight excluding hydrogens is 312 g/mol. The van der Waals surface area contributed by atoms with E-state index in [1.807, 2.05) is 36.6 Å². The van der Waals surface area contributed by atoms with Crippen molar-refractivity contribution in [2.75, 3.05) is 19.5 Å². The molecule has 0 spiro atoms. The van der Waals surface area contributed by atoms with Gasteiger partial charge in [0.05, 0.1) is 11.0 Å². The summed E-state index contributed by atoms with van der Waals surface area (Å²) in [6, 6.07) is 12.9. The zero-order chi connectivity index (χ0) is 15.8. The smallest absolute Gasteiger partial charge is 0.264 e. The van der Waals surface area contributed by atoms with Crippen molar-refractivity contribution in [1.29, 1.82) is 0 Å². The first-order valence-electron chi connectivity index (χ1n) is 7.24. The van der Waals surface area contributed by atoms with E-state index in [2.05, 4.69) is 4.98 Å². The van der Waals surface area contributed by atoms with Gasteiger partial charge in [-0.1, -0.05) is 30.0 Å². The van der Waals surface area contributed by atoms with Gasteiger partial charge >= 0.3 is 0 Å². The molecule has 0 amide bonds. The second-order valence-electron chi connectivity index (χ2n) is 5.09. The highest BCUT2D eigenvalue weighted by Gasteiger charge is 2.21. The van der Waals surface area contributed by atoms with E-state index < -0.39 is 0 Å². The number of nitrogens with zero attached hydrogens (tertiary/aromatic N) is 2. The highest BCUT2D eigenvalue weighted by Crippen LogP contribution is 2.36. The molecule has 2 aromatic carbocycles. The first-order valence-corrected chi connectivity index (χ1v) is 8.46. The zero-order valence-electron chi connectivity index (χ0n) is 12.5. The number of imidazole rings is 1. The maximum Gasteiger partial charge on any atom is 0.264 e. The maximum atomic E-state index is 12.9. The Balaban J connectivity index is 1.92. The molecule has 23 heavy (non-hydrogen) atoms. The molecule has 1 aliphatic rings. The van der Waals surface area contributed by atoms with Crippen molar-refractivity contribution in [3.63, 3.8) is 0 Å². The average Bonchev–Trinajstić information content (AvgIpc) is 2.97. The number of fused-ring (bicyclic) bond motifs is 2. The molecule has 0 N–H and O–H groups in total. The molecule has 0 fully saturated rings. The molecule has 0 radical (unpaired) electrons. The quantitative estimate of drug-likeness (QED) is 0.677. The Kier molecular flexibility index (Phi) is 3.46. The molecule has 1 aromatic heterocycles. The maximum absolute atomic E-state index is 12.9. The van der Waals surface area contributed by atoms with Crippen LogP contribution in [-0.2, 0) is 0 Å². The van der Waals surface area contributed by atoms with Crippen molar-refractivity contribution in [3.8, 4) is 11.5 Å². The van der Waals surface area contributed by atoms with Crippen LogP contribution in [0.4, 0.5) is 0 Å². The summed E-state index contributed by atoms with van der Waals surface area (Å²) in [5.41, 5.74) is 2.08. The minimum atomic E-state index is -0.103. The van der Waals surface area contributed by atoms with Gasteiger partial charge in [0.2, 0.25) is 0 Å². The van der Waals surface area contributed by atoms with Crippen LogP contribution in [0.25, 0.3) is 11.0 Å². The number of carbonyl (C=O) groups excluding carboxylic acids is 1. The largest absolute Gasteiger partial charge is 0.486 e. The summed E-state index contributed by atoms with van der Waals surface area (Å²) in [4.78, 5) is 17.5. The third-order valence-electron chi connectivity index (χ3n) is 3.69. The van der Waals surface area contributed by atoms with Gasteiger partial charge in [0.25, 0.3) is 5.91 Å². The number of thioether (sulfide) groups is 1. The summed E-state index contributed by atoms with van der Waals surface area (Å²) in [5.74, 6) is 1.22. The van der Waals surface area contributed by atoms with Gasteiger partial charge in [-0.3, -0.25) is 9.36 Å². The minimum Gasteiger partial charge on any atom is -0.486 e. The van der Waals surface area contributed by atoms with E-state index in [4.69, 9.17) is 9.47 Å². The van der Waals surface area contributed by atoms with Crippen molar-refractivity contribution in [2.45, 2.75) is 5.16 Å². The van der Waals surface area contributed by atoms with E-state index in [9.17, 15) is 4.79 Å². The number of benzene rings is 2. The van der Waals surface area contributed by atoms with Crippen LogP contribution in [0.15, 0.2) is 47.6 Å². The monoisotopic (exact) mass is 326 g/mol. The Labute approximate surface area is 137 Å².